The predicted octanol–water partition coefficient (Wildman–Crippen LogP) is 14.8. The van der Waals surface area contributed by atoms with Crippen LogP contribution in [-0.4, -0.2) is 6.54 Å². The van der Waals surface area contributed by atoms with Crippen molar-refractivity contribution in [1.82, 2.24) is 0 Å². The van der Waals surface area contributed by atoms with E-state index in [9.17, 15) is 0 Å². The summed E-state index contributed by atoms with van der Waals surface area (Å²) in [6, 6.07) is 0. The van der Waals surface area contributed by atoms with Crippen molar-refractivity contribution in [2.75, 3.05) is 6.54 Å². The minimum absolute atomic E-state index is 0.868. The SMILES string of the molecule is CCCCCCCC/C=C\CCCCCCCCCCCCN.CCCCCCCCCCCCCCCCCC. The van der Waals surface area contributed by atoms with Crippen LogP contribution in [0.2, 0.25) is 0 Å². The average Bonchev–Trinajstić information content (AvgIpc) is 2.99. The Labute approximate surface area is 263 Å². The van der Waals surface area contributed by atoms with Gasteiger partial charge in [-0.2, -0.15) is 0 Å². The van der Waals surface area contributed by atoms with Crippen molar-refractivity contribution in [3.63, 3.8) is 0 Å². The zero-order valence-electron chi connectivity index (χ0n) is 29.5. The lowest BCUT2D eigenvalue weighted by atomic mass is 10.0. The van der Waals surface area contributed by atoms with Crippen LogP contribution in [0.4, 0.5) is 0 Å². The Bertz CT molecular complexity index is 413. The van der Waals surface area contributed by atoms with Crippen LogP contribution in [0.3, 0.4) is 0 Å². The standard InChI is InChI=1S/C22H45N.C18H38/c1-2-3-4-5-6-7-8-9-10-11-12-13-14-15-16-17-18-19-20-21-22-23;1-3-5-7-9-11-13-15-17-18-16-14-12-10-8-6-4-2/h9-10H,2-8,11-23H2,1H3;3-18H2,1-2H3/b10-9-;. The molecule has 0 aliphatic carbocycles. The lowest BCUT2D eigenvalue weighted by Crippen LogP contribution is -1.97. The molecule has 0 bridgehead atoms. The fourth-order valence-electron chi connectivity index (χ4n) is 5.72. The fourth-order valence-corrected chi connectivity index (χ4v) is 5.72. The van der Waals surface area contributed by atoms with Crippen LogP contribution < -0.4 is 5.73 Å². The van der Waals surface area contributed by atoms with Crippen molar-refractivity contribution in [3.8, 4) is 0 Å². The smallest absolute Gasteiger partial charge is 0.00773 e. The summed E-state index contributed by atoms with van der Waals surface area (Å²) < 4.78 is 0. The molecule has 0 radical (unpaired) electrons. The highest BCUT2D eigenvalue weighted by Gasteiger charge is 1.95. The first-order valence-corrected chi connectivity index (χ1v) is 19.7. The third kappa shape index (κ3) is 46.9. The Hall–Kier alpha value is -0.300. The highest BCUT2D eigenvalue weighted by atomic mass is 14.5. The molecule has 0 aliphatic rings. The summed E-state index contributed by atoms with van der Waals surface area (Å²) in [5.41, 5.74) is 5.50. The second-order valence-electron chi connectivity index (χ2n) is 13.1. The maximum absolute atomic E-state index is 5.50. The molecule has 0 spiro atoms. The van der Waals surface area contributed by atoms with E-state index in [1.807, 2.05) is 0 Å². The molecule has 0 rings (SSSR count). The number of unbranched alkanes of at least 4 members (excludes halogenated alkanes) is 31. The van der Waals surface area contributed by atoms with Crippen LogP contribution in [0.15, 0.2) is 12.2 Å². The molecule has 248 valence electrons. The number of rotatable bonds is 34. The van der Waals surface area contributed by atoms with Gasteiger partial charge in [-0.05, 0) is 38.6 Å². The van der Waals surface area contributed by atoms with Crippen molar-refractivity contribution < 1.29 is 0 Å². The zero-order valence-corrected chi connectivity index (χ0v) is 29.5. The van der Waals surface area contributed by atoms with Crippen LogP contribution in [0.5, 0.6) is 0 Å². The van der Waals surface area contributed by atoms with Crippen LogP contribution in [-0.2, 0) is 0 Å². The lowest BCUT2D eigenvalue weighted by molar-refractivity contribution is 0.531. The lowest BCUT2D eigenvalue weighted by Gasteiger charge is -2.03. The topological polar surface area (TPSA) is 26.0 Å². The minimum atomic E-state index is 0.868. The number of hydrogen-bond acceptors (Lipinski definition) is 1. The molecule has 1 nitrogen and oxygen atoms in total. The summed E-state index contributed by atoms with van der Waals surface area (Å²) in [6.07, 6.45) is 53.3. The molecule has 0 aromatic rings. The second kappa shape index (κ2) is 44.1. The molecule has 0 saturated carbocycles. The van der Waals surface area contributed by atoms with E-state index in [4.69, 9.17) is 5.73 Å². The summed E-state index contributed by atoms with van der Waals surface area (Å²) in [4.78, 5) is 0. The van der Waals surface area contributed by atoms with E-state index < -0.39 is 0 Å². The van der Waals surface area contributed by atoms with Crippen molar-refractivity contribution >= 4 is 0 Å². The zero-order chi connectivity index (χ0) is 30.2. The summed E-state index contributed by atoms with van der Waals surface area (Å²) in [6.45, 7) is 7.74. The fraction of sp³-hybridized carbons (Fsp3) is 0.950. The molecular formula is C40H83N. The van der Waals surface area contributed by atoms with Gasteiger partial charge in [0.2, 0.25) is 0 Å². The molecular weight excluding hydrogens is 494 g/mol. The third-order valence-corrected chi connectivity index (χ3v) is 8.67. The van der Waals surface area contributed by atoms with Gasteiger partial charge in [-0.15, -0.1) is 0 Å². The van der Waals surface area contributed by atoms with E-state index in [0.29, 0.717) is 0 Å². The Morgan fingerprint density at radius 3 is 0.683 bits per heavy atom. The number of nitrogens with two attached hydrogens (primary N) is 1. The Balaban J connectivity index is 0. The Morgan fingerprint density at radius 1 is 0.268 bits per heavy atom. The molecule has 0 amide bonds. The number of allylic oxidation sites excluding steroid dienone is 2. The Morgan fingerprint density at radius 2 is 0.463 bits per heavy atom. The van der Waals surface area contributed by atoms with E-state index in [1.54, 1.807) is 0 Å². The first kappa shape index (κ1) is 42.8. The molecule has 0 unspecified atom stereocenters. The molecule has 0 atom stereocenters. The van der Waals surface area contributed by atoms with Gasteiger partial charge >= 0.3 is 0 Å². The van der Waals surface area contributed by atoms with E-state index in [0.717, 1.165) is 6.54 Å². The van der Waals surface area contributed by atoms with Gasteiger partial charge in [-0.25, -0.2) is 0 Å². The van der Waals surface area contributed by atoms with Gasteiger partial charge < -0.3 is 5.73 Å². The van der Waals surface area contributed by atoms with Gasteiger partial charge in [0.05, 0.1) is 0 Å². The van der Waals surface area contributed by atoms with E-state index >= 15 is 0 Å². The van der Waals surface area contributed by atoms with Crippen LogP contribution in [0, 0.1) is 0 Å². The highest BCUT2D eigenvalue weighted by Crippen LogP contribution is 2.14. The van der Waals surface area contributed by atoms with Gasteiger partial charge in [0.1, 0.15) is 0 Å². The van der Waals surface area contributed by atoms with E-state index in [2.05, 4.69) is 32.9 Å². The second-order valence-corrected chi connectivity index (χ2v) is 13.1. The molecule has 0 aromatic heterocycles. The van der Waals surface area contributed by atoms with Crippen LogP contribution >= 0.6 is 0 Å². The van der Waals surface area contributed by atoms with Gasteiger partial charge in [-0.1, -0.05) is 219 Å². The van der Waals surface area contributed by atoms with E-state index in [1.165, 1.54) is 218 Å². The summed E-state index contributed by atoms with van der Waals surface area (Å²) in [5, 5.41) is 0. The first-order valence-electron chi connectivity index (χ1n) is 19.7. The molecule has 41 heavy (non-hydrogen) atoms. The van der Waals surface area contributed by atoms with E-state index in [-0.39, 0.29) is 0 Å². The molecule has 0 fully saturated rings. The van der Waals surface area contributed by atoms with Crippen molar-refractivity contribution in [2.45, 2.75) is 239 Å². The van der Waals surface area contributed by atoms with Crippen molar-refractivity contribution in [1.29, 1.82) is 0 Å². The molecule has 1 heteroatoms. The van der Waals surface area contributed by atoms with Crippen LogP contribution in [0.1, 0.15) is 239 Å². The monoisotopic (exact) mass is 578 g/mol. The minimum Gasteiger partial charge on any atom is -0.330 e. The number of hydrogen-bond donors (Lipinski definition) is 1. The molecule has 0 aliphatic heterocycles. The highest BCUT2D eigenvalue weighted by molar-refractivity contribution is 4.81. The summed E-state index contributed by atoms with van der Waals surface area (Å²) in [5.74, 6) is 0. The largest absolute Gasteiger partial charge is 0.330 e. The molecule has 0 aromatic carbocycles. The summed E-state index contributed by atoms with van der Waals surface area (Å²) in [7, 11) is 0. The predicted molar refractivity (Wildman–Crippen MR) is 192 cm³/mol. The van der Waals surface area contributed by atoms with Gasteiger partial charge in [0, 0.05) is 0 Å². The third-order valence-electron chi connectivity index (χ3n) is 8.67. The van der Waals surface area contributed by atoms with Crippen molar-refractivity contribution in [2.24, 2.45) is 5.73 Å². The molecule has 0 saturated heterocycles. The first-order chi connectivity index (χ1) is 20.3. The quantitative estimate of drug-likeness (QED) is 0.0597. The van der Waals surface area contributed by atoms with Crippen LogP contribution in [0.25, 0.3) is 0 Å². The molecule has 2 N–H and O–H groups in total. The molecule has 0 heterocycles. The Kier molecular flexibility index (Phi) is 46.1. The van der Waals surface area contributed by atoms with Gasteiger partial charge in [0.25, 0.3) is 0 Å². The van der Waals surface area contributed by atoms with Gasteiger partial charge in [-0.3, -0.25) is 0 Å². The average molecular weight is 578 g/mol. The normalized spacial score (nSPS) is 11.3. The summed E-state index contributed by atoms with van der Waals surface area (Å²) >= 11 is 0. The van der Waals surface area contributed by atoms with Crippen molar-refractivity contribution in [3.05, 3.63) is 12.2 Å². The maximum Gasteiger partial charge on any atom is -0.00773 e. The van der Waals surface area contributed by atoms with Gasteiger partial charge in [0.15, 0.2) is 0 Å². The maximum atomic E-state index is 5.50.